The summed E-state index contributed by atoms with van der Waals surface area (Å²) in [5, 5.41) is 0.230. The van der Waals surface area contributed by atoms with Gasteiger partial charge in [-0.3, -0.25) is 0 Å². The van der Waals surface area contributed by atoms with Crippen LogP contribution in [0.4, 0.5) is 4.39 Å². The molecule has 0 heterocycles. The van der Waals surface area contributed by atoms with Gasteiger partial charge in [-0.1, -0.05) is 68.0 Å². The van der Waals surface area contributed by atoms with Crippen molar-refractivity contribution in [2.24, 2.45) is 5.41 Å². The third-order valence-corrected chi connectivity index (χ3v) is 5.61. The average molecular weight is 355 g/mol. The van der Waals surface area contributed by atoms with E-state index in [4.69, 9.17) is 11.6 Å². The minimum Gasteiger partial charge on any atom is -0.205 e. The van der Waals surface area contributed by atoms with Gasteiger partial charge in [-0.05, 0) is 23.1 Å². The predicted molar refractivity (Wildman–Crippen MR) is 77.1 cm³/mol. The zero-order valence-corrected chi connectivity index (χ0v) is 12.9. The fourth-order valence-electron chi connectivity index (χ4n) is 1.88. The molecule has 1 aliphatic rings. The number of rotatable bonds is 1. The van der Waals surface area contributed by atoms with Gasteiger partial charge in [-0.2, -0.15) is 0 Å². The number of hydrogen-bond donors (Lipinski definition) is 0. The van der Waals surface area contributed by atoms with E-state index in [1.54, 1.807) is 6.07 Å². The molecule has 0 nitrogen and oxygen atoms in total. The third kappa shape index (κ3) is 2.53. The molecule has 0 radical (unpaired) electrons. The van der Waals surface area contributed by atoms with Crippen LogP contribution < -0.4 is 0 Å². The summed E-state index contributed by atoms with van der Waals surface area (Å²) >= 11 is 8.20. The van der Waals surface area contributed by atoms with Crippen molar-refractivity contribution in [1.29, 1.82) is 0 Å². The third-order valence-electron chi connectivity index (χ3n) is 3.00. The smallest absolute Gasteiger partial charge is 0.141 e. The maximum absolute atomic E-state index is 12.9. The Kier molecular flexibility index (Phi) is 4.64. The van der Waals surface area contributed by atoms with Crippen LogP contribution in [0.5, 0.6) is 0 Å². The normalized spacial score (nSPS) is 25.7. The molecule has 1 aromatic carbocycles. The topological polar surface area (TPSA) is 0 Å². The fraction of sp³-hybridized carbons (Fsp3) is 0.538. The summed E-state index contributed by atoms with van der Waals surface area (Å²) in [5.74, 6) is 0.181. The Morgan fingerprint density at radius 2 is 1.81 bits per heavy atom. The highest BCUT2D eigenvalue weighted by molar-refractivity contribution is 14.1. The summed E-state index contributed by atoms with van der Waals surface area (Å²) in [4.78, 5) is 0. The summed E-state index contributed by atoms with van der Waals surface area (Å²) < 4.78 is 13.6. The lowest BCUT2D eigenvalue weighted by molar-refractivity contribution is 0.617. The molecule has 1 aliphatic carbocycles. The van der Waals surface area contributed by atoms with Gasteiger partial charge in [0.1, 0.15) is 5.82 Å². The Morgan fingerprint density at radius 1 is 1.31 bits per heavy atom. The predicted octanol–water partition coefficient (Wildman–Crippen LogP) is 5.43. The number of benzene rings is 1. The van der Waals surface area contributed by atoms with E-state index in [9.17, 15) is 4.39 Å². The number of hydrogen-bond acceptors (Lipinski definition) is 0. The van der Waals surface area contributed by atoms with Crippen molar-refractivity contribution in [2.75, 3.05) is 0 Å². The molecule has 0 spiro atoms. The highest BCUT2D eigenvalue weighted by atomic mass is 127. The second-order valence-corrected chi connectivity index (χ2v) is 6.12. The zero-order chi connectivity index (χ0) is 12.5. The quantitative estimate of drug-likeness (QED) is 0.466. The maximum Gasteiger partial charge on any atom is 0.141 e. The van der Waals surface area contributed by atoms with Gasteiger partial charge in [-0.15, -0.1) is 0 Å². The lowest BCUT2D eigenvalue weighted by Crippen LogP contribution is -1.90. The monoisotopic (exact) mass is 354 g/mol. The molecule has 3 heteroatoms. The van der Waals surface area contributed by atoms with E-state index in [1.165, 1.54) is 6.07 Å². The van der Waals surface area contributed by atoms with E-state index in [2.05, 4.69) is 36.4 Å². The molecule has 2 atom stereocenters. The van der Waals surface area contributed by atoms with E-state index >= 15 is 0 Å². The van der Waals surface area contributed by atoms with E-state index in [0.29, 0.717) is 15.3 Å². The first-order valence-electron chi connectivity index (χ1n) is 5.53. The molecule has 0 saturated heterocycles. The number of halogens is 3. The van der Waals surface area contributed by atoms with Crippen LogP contribution in [0.15, 0.2) is 18.2 Å². The van der Waals surface area contributed by atoms with Crippen LogP contribution in [-0.2, 0) is 0 Å². The molecule has 0 N–H and O–H groups in total. The molecule has 1 fully saturated rings. The average Bonchev–Trinajstić information content (AvgIpc) is 2.74. The van der Waals surface area contributed by atoms with Crippen LogP contribution in [0, 0.1) is 11.2 Å². The molecule has 0 unspecified atom stereocenters. The van der Waals surface area contributed by atoms with Crippen molar-refractivity contribution in [3.05, 3.63) is 34.6 Å². The van der Waals surface area contributed by atoms with Gasteiger partial charge < -0.3 is 0 Å². The van der Waals surface area contributed by atoms with Gasteiger partial charge >= 0.3 is 0 Å². The van der Waals surface area contributed by atoms with E-state index < -0.39 is 0 Å². The van der Waals surface area contributed by atoms with Gasteiger partial charge in [-0.25, -0.2) is 4.39 Å². The van der Waals surface area contributed by atoms with Crippen molar-refractivity contribution in [1.82, 2.24) is 0 Å². The summed E-state index contributed by atoms with van der Waals surface area (Å²) in [6, 6.07) is 5.05. The van der Waals surface area contributed by atoms with Gasteiger partial charge in [0, 0.05) is 9.84 Å². The van der Waals surface area contributed by atoms with Crippen molar-refractivity contribution < 1.29 is 4.39 Å². The first kappa shape index (κ1) is 14.2. The van der Waals surface area contributed by atoms with Crippen molar-refractivity contribution in [3.63, 3.8) is 0 Å². The molecule has 0 aliphatic heterocycles. The van der Waals surface area contributed by atoms with Crippen LogP contribution in [0.25, 0.3) is 0 Å². The van der Waals surface area contributed by atoms with Crippen LogP contribution in [0.2, 0.25) is 5.02 Å². The molecule has 1 aromatic rings. The van der Waals surface area contributed by atoms with Crippen LogP contribution in [0.1, 0.15) is 39.2 Å². The summed E-state index contributed by atoms with van der Waals surface area (Å²) in [5.41, 5.74) is 1.47. The number of alkyl halides is 1. The maximum atomic E-state index is 12.9. The van der Waals surface area contributed by atoms with Crippen molar-refractivity contribution in [3.8, 4) is 0 Å². The van der Waals surface area contributed by atoms with Gasteiger partial charge in [0.05, 0.1) is 5.02 Å². The minimum atomic E-state index is -0.334. The van der Waals surface area contributed by atoms with E-state index in [1.807, 2.05) is 19.9 Å². The molecule has 90 valence electrons. The highest BCUT2D eigenvalue weighted by Crippen LogP contribution is 2.63. The Labute approximate surface area is 116 Å². The molecule has 1 saturated carbocycles. The van der Waals surface area contributed by atoms with Crippen LogP contribution >= 0.6 is 34.2 Å². The molecule has 2 rings (SSSR count). The largest absolute Gasteiger partial charge is 0.205 e. The Bertz CT molecular complexity index is 376. The van der Waals surface area contributed by atoms with Gasteiger partial charge in [0.15, 0.2) is 0 Å². The molecule has 16 heavy (non-hydrogen) atoms. The molecular weight excluding hydrogens is 337 g/mol. The fourth-order valence-corrected chi connectivity index (χ4v) is 3.59. The molecule has 0 bridgehead atoms. The molecule has 0 aromatic heterocycles. The first-order chi connectivity index (χ1) is 7.44. The molecular formula is C13H17ClFI. The Hall–Kier alpha value is 0.170. The molecule has 0 amide bonds. The lowest BCUT2D eigenvalue weighted by Gasteiger charge is -2.03. The standard InChI is InChI=1S/C11H11ClFI.C2H6/c1-11(2)9(10(11)14)6-3-4-8(13)7(12)5-6;1-2/h3-5,9-10H,1-2H3;1-2H3/t9-,10-;/m1./s1. The second kappa shape index (κ2) is 5.21. The van der Waals surface area contributed by atoms with Crippen LogP contribution in [0.3, 0.4) is 0 Å². The van der Waals surface area contributed by atoms with E-state index in [-0.39, 0.29) is 10.8 Å². The summed E-state index contributed by atoms with van der Waals surface area (Å²) in [6.45, 7) is 8.46. The van der Waals surface area contributed by atoms with Crippen molar-refractivity contribution in [2.45, 2.75) is 37.5 Å². The van der Waals surface area contributed by atoms with Gasteiger partial charge in [0.25, 0.3) is 0 Å². The highest BCUT2D eigenvalue weighted by Gasteiger charge is 2.56. The van der Waals surface area contributed by atoms with Crippen LogP contribution in [-0.4, -0.2) is 3.92 Å². The Morgan fingerprint density at radius 3 is 2.19 bits per heavy atom. The first-order valence-corrected chi connectivity index (χ1v) is 7.16. The second-order valence-electron chi connectivity index (χ2n) is 4.37. The van der Waals surface area contributed by atoms with Crippen molar-refractivity contribution >= 4 is 34.2 Å². The zero-order valence-electron chi connectivity index (χ0n) is 10.0. The summed E-state index contributed by atoms with van der Waals surface area (Å²) in [6.07, 6.45) is 0. The van der Waals surface area contributed by atoms with Gasteiger partial charge in [0.2, 0.25) is 0 Å². The SMILES string of the molecule is CC.CC1(C)[C@H](I)[C@H]1c1ccc(F)c(Cl)c1. The summed E-state index contributed by atoms with van der Waals surface area (Å²) in [7, 11) is 0. The van der Waals surface area contributed by atoms with E-state index in [0.717, 1.165) is 5.56 Å². The Balaban J connectivity index is 0.000000606. The minimum absolute atomic E-state index is 0.230. The lowest BCUT2D eigenvalue weighted by atomic mass is 10.0.